The normalized spacial score (nSPS) is 14.9. The van der Waals surface area contributed by atoms with Crippen molar-refractivity contribution >= 4 is 17.3 Å². The first-order valence-electron chi connectivity index (χ1n) is 8.54. The summed E-state index contributed by atoms with van der Waals surface area (Å²) in [6, 6.07) is 15.7. The van der Waals surface area contributed by atoms with Crippen molar-refractivity contribution in [3.8, 4) is 11.5 Å². The average Bonchev–Trinajstić information content (AvgIpc) is 2.69. The van der Waals surface area contributed by atoms with Gasteiger partial charge in [-0.1, -0.05) is 18.2 Å². The molecule has 3 rings (SSSR count). The van der Waals surface area contributed by atoms with Crippen molar-refractivity contribution < 1.29 is 14.3 Å². The van der Waals surface area contributed by atoms with Crippen molar-refractivity contribution in [1.82, 2.24) is 0 Å². The van der Waals surface area contributed by atoms with Crippen LogP contribution in [0.25, 0.3) is 0 Å². The molecule has 1 saturated heterocycles. The highest BCUT2D eigenvalue weighted by molar-refractivity contribution is 5.94. The minimum Gasteiger partial charge on any atom is -0.497 e. The van der Waals surface area contributed by atoms with Gasteiger partial charge in [-0.2, -0.15) is 0 Å². The molecule has 0 aromatic heterocycles. The van der Waals surface area contributed by atoms with Gasteiger partial charge in [0.15, 0.2) is 0 Å². The molecule has 0 radical (unpaired) electrons. The van der Waals surface area contributed by atoms with Gasteiger partial charge < -0.3 is 19.7 Å². The monoisotopic (exact) mass is 340 g/mol. The molecule has 1 aliphatic heterocycles. The molecule has 25 heavy (non-hydrogen) atoms. The summed E-state index contributed by atoms with van der Waals surface area (Å²) in [5, 5.41) is 3.00. The van der Waals surface area contributed by atoms with Gasteiger partial charge in [-0.05, 0) is 37.1 Å². The van der Waals surface area contributed by atoms with Gasteiger partial charge in [-0.25, -0.2) is 0 Å². The summed E-state index contributed by atoms with van der Waals surface area (Å²) in [6.45, 7) is 1.78. The number of nitrogens with one attached hydrogen (secondary N) is 1. The summed E-state index contributed by atoms with van der Waals surface area (Å²) in [4.78, 5) is 14.9. The van der Waals surface area contributed by atoms with Gasteiger partial charge in [-0.3, -0.25) is 4.79 Å². The SMILES string of the molecule is COc1ccc(NC(=O)C2CCN(c3ccccc3)CC2)c(OC)c1. The molecule has 0 bridgehead atoms. The van der Waals surface area contributed by atoms with Gasteiger partial charge in [-0.15, -0.1) is 0 Å². The Morgan fingerprint density at radius 3 is 2.40 bits per heavy atom. The van der Waals surface area contributed by atoms with Crippen LogP contribution in [0.15, 0.2) is 48.5 Å². The van der Waals surface area contributed by atoms with Crippen LogP contribution in [0, 0.1) is 5.92 Å². The lowest BCUT2D eigenvalue weighted by Gasteiger charge is -2.33. The van der Waals surface area contributed by atoms with Crippen LogP contribution in [0.4, 0.5) is 11.4 Å². The fraction of sp³-hybridized carbons (Fsp3) is 0.350. The number of anilines is 2. The molecule has 132 valence electrons. The lowest BCUT2D eigenvalue weighted by molar-refractivity contribution is -0.120. The van der Waals surface area contributed by atoms with E-state index >= 15 is 0 Å². The van der Waals surface area contributed by atoms with E-state index in [1.165, 1.54) is 5.69 Å². The zero-order chi connectivity index (χ0) is 17.6. The molecule has 1 aliphatic rings. The number of amides is 1. The third kappa shape index (κ3) is 4.05. The van der Waals surface area contributed by atoms with Crippen LogP contribution in [0.1, 0.15) is 12.8 Å². The summed E-state index contributed by atoms with van der Waals surface area (Å²) in [7, 11) is 3.19. The van der Waals surface area contributed by atoms with Crippen LogP contribution in [-0.2, 0) is 4.79 Å². The maximum absolute atomic E-state index is 12.6. The number of ether oxygens (including phenoxy) is 2. The van der Waals surface area contributed by atoms with E-state index in [4.69, 9.17) is 9.47 Å². The van der Waals surface area contributed by atoms with E-state index in [0.29, 0.717) is 17.2 Å². The number of piperidine rings is 1. The Morgan fingerprint density at radius 2 is 1.76 bits per heavy atom. The summed E-state index contributed by atoms with van der Waals surface area (Å²) < 4.78 is 10.5. The molecule has 0 saturated carbocycles. The van der Waals surface area contributed by atoms with E-state index in [0.717, 1.165) is 25.9 Å². The fourth-order valence-electron chi connectivity index (χ4n) is 3.18. The van der Waals surface area contributed by atoms with E-state index in [1.54, 1.807) is 20.3 Å². The van der Waals surface area contributed by atoms with Gasteiger partial charge in [0.2, 0.25) is 5.91 Å². The molecule has 0 aliphatic carbocycles. The van der Waals surface area contributed by atoms with Crippen LogP contribution < -0.4 is 19.7 Å². The molecule has 2 aromatic rings. The molecule has 5 heteroatoms. The van der Waals surface area contributed by atoms with Crippen LogP contribution in [0.5, 0.6) is 11.5 Å². The predicted molar refractivity (Wildman–Crippen MR) is 99.6 cm³/mol. The van der Waals surface area contributed by atoms with Gasteiger partial charge in [0, 0.05) is 30.8 Å². The van der Waals surface area contributed by atoms with Crippen molar-refractivity contribution in [2.24, 2.45) is 5.92 Å². The quantitative estimate of drug-likeness (QED) is 0.904. The standard InChI is InChI=1S/C20H24N2O3/c1-24-17-8-9-18(19(14-17)25-2)21-20(23)15-10-12-22(13-11-15)16-6-4-3-5-7-16/h3-9,14-15H,10-13H2,1-2H3,(H,21,23). The third-order valence-electron chi connectivity index (χ3n) is 4.65. The van der Waals surface area contributed by atoms with Gasteiger partial charge in [0.1, 0.15) is 11.5 Å². The number of benzene rings is 2. The number of hydrogen-bond acceptors (Lipinski definition) is 4. The first-order chi connectivity index (χ1) is 12.2. The molecule has 2 aromatic carbocycles. The maximum atomic E-state index is 12.6. The number of rotatable bonds is 5. The number of carbonyl (C=O) groups excluding carboxylic acids is 1. The van der Waals surface area contributed by atoms with Crippen LogP contribution in [0.3, 0.4) is 0 Å². The van der Waals surface area contributed by atoms with Crippen LogP contribution in [0.2, 0.25) is 0 Å². The van der Waals surface area contributed by atoms with Gasteiger partial charge in [0.05, 0.1) is 19.9 Å². The van der Waals surface area contributed by atoms with Crippen molar-refractivity contribution in [2.45, 2.75) is 12.8 Å². The van der Waals surface area contributed by atoms with Gasteiger partial charge in [0.25, 0.3) is 0 Å². The highest BCUT2D eigenvalue weighted by Gasteiger charge is 2.25. The Balaban J connectivity index is 1.60. The number of methoxy groups -OCH3 is 2. The Hall–Kier alpha value is -2.69. The molecular formula is C20H24N2O3. The van der Waals surface area contributed by atoms with Crippen molar-refractivity contribution in [2.75, 3.05) is 37.5 Å². The number of para-hydroxylation sites is 1. The van der Waals surface area contributed by atoms with E-state index in [1.807, 2.05) is 30.3 Å². The molecule has 0 atom stereocenters. The van der Waals surface area contributed by atoms with E-state index < -0.39 is 0 Å². The smallest absolute Gasteiger partial charge is 0.227 e. The summed E-state index contributed by atoms with van der Waals surface area (Å²) in [6.07, 6.45) is 1.69. The minimum absolute atomic E-state index is 0.0202. The number of carbonyl (C=O) groups is 1. The van der Waals surface area contributed by atoms with E-state index in [9.17, 15) is 4.79 Å². The van der Waals surface area contributed by atoms with Crippen LogP contribution in [-0.4, -0.2) is 33.2 Å². The number of hydrogen-bond donors (Lipinski definition) is 1. The van der Waals surface area contributed by atoms with Crippen LogP contribution >= 0.6 is 0 Å². The molecule has 1 amide bonds. The van der Waals surface area contributed by atoms with E-state index in [2.05, 4.69) is 22.3 Å². The highest BCUT2D eigenvalue weighted by atomic mass is 16.5. The van der Waals surface area contributed by atoms with Crippen molar-refractivity contribution in [3.63, 3.8) is 0 Å². The molecule has 1 N–H and O–H groups in total. The lowest BCUT2D eigenvalue weighted by atomic mass is 9.95. The second-order valence-electron chi connectivity index (χ2n) is 6.15. The van der Waals surface area contributed by atoms with Gasteiger partial charge >= 0.3 is 0 Å². The Kier molecular flexibility index (Phi) is 5.43. The molecule has 5 nitrogen and oxygen atoms in total. The summed E-state index contributed by atoms with van der Waals surface area (Å²) >= 11 is 0. The molecule has 1 heterocycles. The molecule has 0 spiro atoms. The average molecular weight is 340 g/mol. The topological polar surface area (TPSA) is 50.8 Å². The minimum atomic E-state index is 0.0202. The predicted octanol–water partition coefficient (Wildman–Crippen LogP) is 3.56. The number of nitrogens with zero attached hydrogens (tertiary/aromatic N) is 1. The molecule has 0 unspecified atom stereocenters. The first kappa shape index (κ1) is 17.1. The summed E-state index contributed by atoms with van der Waals surface area (Å²) in [5.74, 6) is 1.38. The van der Waals surface area contributed by atoms with E-state index in [-0.39, 0.29) is 11.8 Å². The zero-order valence-corrected chi connectivity index (χ0v) is 14.7. The Labute approximate surface area is 148 Å². The third-order valence-corrected chi connectivity index (χ3v) is 4.65. The Morgan fingerprint density at radius 1 is 1.04 bits per heavy atom. The fourth-order valence-corrected chi connectivity index (χ4v) is 3.18. The van der Waals surface area contributed by atoms with Crippen molar-refractivity contribution in [3.05, 3.63) is 48.5 Å². The second kappa shape index (κ2) is 7.92. The Bertz CT molecular complexity index is 710. The zero-order valence-electron chi connectivity index (χ0n) is 14.7. The highest BCUT2D eigenvalue weighted by Crippen LogP contribution is 2.30. The largest absolute Gasteiger partial charge is 0.497 e. The molecule has 1 fully saturated rings. The summed E-state index contributed by atoms with van der Waals surface area (Å²) in [5.41, 5.74) is 1.90. The van der Waals surface area contributed by atoms with Crippen molar-refractivity contribution in [1.29, 1.82) is 0 Å². The molecular weight excluding hydrogens is 316 g/mol. The first-order valence-corrected chi connectivity index (χ1v) is 8.54. The lowest BCUT2D eigenvalue weighted by Crippen LogP contribution is -2.38. The maximum Gasteiger partial charge on any atom is 0.227 e. The second-order valence-corrected chi connectivity index (χ2v) is 6.15.